The van der Waals surface area contributed by atoms with Gasteiger partial charge in [0.25, 0.3) is 0 Å². The molecule has 1 unspecified atom stereocenters. The molecule has 1 aliphatic rings. The Morgan fingerprint density at radius 2 is 1.85 bits per heavy atom. The van der Waals surface area contributed by atoms with Crippen molar-refractivity contribution >= 4 is 30.7 Å². The number of nitrogens with two attached hydrogens (primary N) is 1. The van der Waals surface area contributed by atoms with E-state index in [1.165, 1.54) is 18.2 Å². The summed E-state index contributed by atoms with van der Waals surface area (Å²) in [5.74, 6) is -1.06. The Hall–Kier alpha value is -0.950. The van der Waals surface area contributed by atoms with Crippen LogP contribution in [-0.4, -0.2) is 36.5 Å². The maximum absolute atomic E-state index is 13.9. The molecule has 156 valence electrons. The van der Waals surface area contributed by atoms with Crippen LogP contribution in [0, 0.1) is 17.0 Å². The number of nitrogens with zero attached hydrogens (tertiary/aromatic N) is 1. The van der Waals surface area contributed by atoms with Gasteiger partial charge >= 0.3 is 0 Å². The topological polar surface area (TPSA) is 58.4 Å². The molecule has 1 fully saturated rings. The number of nitrogens with one attached hydrogen (secondary N) is 1. The molecule has 0 radical (unpaired) electrons. The maximum Gasteiger partial charge on any atom is 0.227 e. The number of hydrogen-bond acceptors (Lipinski definition) is 3. The van der Waals surface area contributed by atoms with E-state index in [4.69, 9.17) is 5.73 Å². The van der Waals surface area contributed by atoms with Crippen molar-refractivity contribution in [3.8, 4) is 0 Å². The molecule has 1 aliphatic heterocycles. The van der Waals surface area contributed by atoms with Crippen LogP contribution in [0.5, 0.6) is 0 Å². The summed E-state index contributed by atoms with van der Waals surface area (Å²) in [4.78, 5) is 14.7. The van der Waals surface area contributed by atoms with Gasteiger partial charge in [0.05, 0.1) is 5.41 Å². The Labute approximate surface area is 173 Å². The van der Waals surface area contributed by atoms with Crippen LogP contribution in [0.15, 0.2) is 18.2 Å². The van der Waals surface area contributed by atoms with Gasteiger partial charge in [-0.1, -0.05) is 19.9 Å². The van der Waals surface area contributed by atoms with Gasteiger partial charge in [-0.05, 0) is 44.4 Å². The molecule has 1 atom stereocenters. The highest BCUT2D eigenvalue weighted by Gasteiger charge is 2.35. The molecule has 0 aliphatic carbocycles. The number of halogens is 4. The number of likely N-dealkylation sites (tertiary alicyclic amines) is 1. The number of carbonyl (C=O) groups is 1. The number of rotatable bonds is 7. The fourth-order valence-electron chi connectivity index (χ4n) is 3.51. The largest absolute Gasteiger partial charge is 0.352 e. The van der Waals surface area contributed by atoms with Crippen LogP contribution in [-0.2, 0) is 11.3 Å². The van der Waals surface area contributed by atoms with Gasteiger partial charge in [0.2, 0.25) is 5.91 Å². The van der Waals surface area contributed by atoms with Crippen molar-refractivity contribution in [3.05, 3.63) is 35.4 Å². The van der Waals surface area contributed by atoms with E-state index in [1.54, 1.807) is 0 Å². The van der Waals surface area contributed by atoms with Crippen molar-refractivity contribution in [1.29, 1.82) is 0 Å². The zero-order chi connectivity index (χ0) is 18.4. The highest BCUT2D eigenvalue weighted by molar-refractivity contribution is 5.85. The third-order valence-corrected chi connectivity index (χ3v) is 5.51. The molecular weight excluding hydrogens is 395 g/mol. The van der Waals surface area contributed by atoms with Gasteiger partial charge in [-0.2, -0.15) is 0 Å². The second kappa shape index (κ2) is 11.8. The molecule has 4 nitrogen and oxygen atoms in total. The molecule has 0 saturated carbocycles. The average molecular weight is 426 g/mol. The first-order chi connectivity index (χ1) is 12.0. The Bertz CT molecular complexity index is 572. The predicted octanol–water partition coefficient (Wildman–Crippen LogP) is 3.65. The van der Waals surface area contributed by atoms with Crippen molar-refractivity contribution in [3.63, 3.8) is 0 Å². The first-order valence-corrected chi connectivity index (χ1v) is 9.12. The van der Waals surface area contributed by atoms with Crippen molar-refractivity contribution in [1.82, 2.24) is 10.2 Å². The predicted molar refractivity (Wildman–Crippen MR) is 109 cm³/mol. The summed E-state index contributed by atoms with van der Waals surface area (Å²) >= 11 is 0. The van der Waals surface area contributed by atoms with Gasteiger partial charge in [0.1, 0.15) is 11.6 Å². The summed E-state index contributed by atoms with van der Waals surface area (Å²) in [6.45, 7) is 5.85. The summed E-state index contributed by atoms with van der Waals surface area (Å²) in [6, 6.07) is 3.91. The Morgan fingerprint density at radius 3 is 2.37 bits per heavy atom. The van der Waals surface area contributed by atoms with Gasteiger partial charge in [-0.15, -0.1) is 24.8 Å². The molecular formula is C19H31Cl2F2N3O. The molecule has 1 heterocycles. The maximum atomic E-state index is 13.9. The fourth-order valence-corrected chi connectivity index (χ4v) is 3.51. The third-order valence-electron chi connectivity index (χ3n) is 5.51. The standard InChI is InChI=1S/C19H29F2N3O.2ClH/c1-3-19(4-2,13-22)18(25)23-14-7-6-10-24(11-14)12-15-16(20)8-5-9-17(15)21;;/h5,8-9,14H,3-4,6-7,10-13,22H2,1-2H3,(H,23,25);2*1H. The second-order valence-corrected chi connectivity index (χ2v) is 6.94. The second-order valence-electron chi connectivity index (χ2n) is 6.94. The SMILES string of the molecule is CCC(CC)(CN)C(=O)NC1CCCN(Cc2c(F)cccc2F)C1.Cl.Cl. The molecule has 0 aromatic heterocycles. The zero-order valence-electron chi connectivity index (χ0n) is 16.0. The van der Waals surface area contributed by atoms with E-state index >= 15 is 0 Å². The van der Waals surface area contributed by atoms with Gasteiger partial charge in [-0.25, -0.2) is 8.78 Å². The van der Waals surface area contributed by atoms with Crippen LogP contribution < -0.4 is 11.1 Å². The van der Waals surface area contributed by atoms with E-state index in [9.17, 15) is 13.6 Å². The van der Waals surface area contributed by atoms with Crippen LogP contribution in [0.3, 0.4) is 0 Å². The minimum atomic E-state index is -0.528. The number of amides is 1. The lowest BCUT2D eigenvalue weighted by molar-refractivity contribution is -0.132. The normalized spacial score (nSPS) is 17.6. The lowest BCUT2D eigenvalue weighted by Crippen LogP contribution is -2.53. The molecule has 27 heavy (non-hydrogen) atoms. The molecule has 8 heteroatoms. The highest BCUT2D eigenvalue weighted by Crippen LogP contribution is 2.26. The fraction of sp³-hybridized carbons (Fsp3) is 0.632. The van der Waals surface area contributed by atoms with E-state index in [0.717, 1.165) is 19.4 Å². The first-order valence-electron chi connectivity index (χ1n) is 9.12. The summed E-state index contributed by atoms with van der Waals surface area (Å²) in [5.41, 5.74) is 5.41. The van der Waals surface area contributed by atoms with E-state index < -0.39 is 17.0 Å². The smallest absolute Gasteiger partial charge is 0.227 e. The van der Waals surface area contributed by atoms with Crippen LogP contribution in [0.4, 0.5) is 8.78 Å². The number of carbonyl (C=O) groups excluding carboxylic acids is 1. The molecule has 1 saturated heterocycles. The Morgan fingerprint density at radius 1 is 1.26 bits per heavy atom. The molecule has 1 aromatic rings. The number of piperidine rings is 1. The lowest BCUT2D eigenvalue weighted by atomic mass is 9.81. The molecule has 0 bridgehead atoms. The van der Waals surface area contributed by atoms with Crippen LogP contribution in [0.2, 0.25) is 0 Å². The average Bonchev–Trinajstić information content (AvgIpc) is 2.61. The zero-order valence-corrected chi connectivity index (χ0v) is 17.6. The number of benzene rings is 1. The van der Waals surface area contributed by atoms with Crippen LogP contribution in [0.25, 0.3) is 0 Å². The van der Waals surface area contributed by atoms with Crippen LogP contribution in [0.1, 0.15) is 45.1 Å². The summed E-state index contributed by atoms with van der Waals surface area (Å²) in [6.07, 6.45) is 3.15. The quantitative estimate of drug-likeness (QED) is 0.700. The molecule has 2 rings (SSSR count). The monoisotopic (exact) mass is 425 g/mol. The summed E-state index contributed by atoms with van der Waals surface area (Å²) in [7, 11) is 0. The highest BCUT2D eigenvalue weighted by atomic mass is 35.5. The van der Waals surface area contributed by atoms with Crippen molar-refractivity contribution in [2.75, 3.05) is 19.6 Å². The third kappa shape index (κ3) is 6.28. The summed E-state index contributed by atoms with van der Waals surface area (Å²) < 4.78 is 27.7. The van der Waals surface area contributed by atoms with Gasteiger partial charge in [-0.3, -0.25) is 9.69 Å². The lowest BCUT2D eigenvalue weighted by Gasteiger charge is -2.36. The minimum Gasteiger partial charge on any atom is -0.352 e. The van der Waals surface area contributed by atoms with Crippen molar-refractivity contribution < 1.29 is 13.6 Å². The van der Waals surface area contributed by atoms with E-state index in [-0.39, 0.29) is 48.9 Å². The van der Waals surface area contributed by atoms with E-state index in [1.807, 2.05) is 18.7 Å². The van der Waals surface area contributed by atoms with E-state index in [2.05, 4.69) is 5.32 Å². The van der Waals surface area contributed by atoms with Gasteiger partial charge < -0.3 is 11.1 Å². The molecule has 3 N–H and O–H groups in total. The molecule has 1 aromatic carbocycles. The van der Waals surface area contributed by atoms with Crippen LogP contribution >= 0.6 is 24.8 Å². The minimum absolute atomic E-state index is 0. The Balaban J connectivity index is 0.00000338. The Kier molecular flexibility index (Phi) is 11.4. The summed E-state index contributed by atoms with van der Waals surface area (Å²) in [5, 5.41) is 3.11. The first kappa shape index (κ1) is 26.1. The number of hydrogen-bond donors (Lipinski definition) is 2. The van der Waals surface area contributed by atoms with Crippen molar-refractivity contribution in [2.45, 2.75) is 52.1 Å². The van der Waals surface area contributed by atoms with Gasteiger partial charge in [0, 0.05) is 31.2 Å². The van der Waals surface area contributed by atoms with Crippen molar-refractivity contribution in [2.24, 2.45) is 11.1 Å². The molecule has 0 spiro atoms. The van der Waals surface area contributed by atoms with E-state index in [0.29, 0.717) is 25.9 Å². The van der Waals surface area contributed by atoms with Gasteiger partial charge in [0.15, 0.2) is 0 Å². The molecule has 1 amide bonds.